The fraction of sp³-hybridized carbons (Fsp3) is 0.500. The Labute approximate surface area is 106 Å². The third kappa shape index (κ3) is 2.52. The van der Waals surface area contributed by atoms with E-state index in [9.17, 15) is 0 Å². The van der Waals surface area contributed by atoms with Crippen LogP contribution in [0.3, 0.4) is 0 Å². The van der Waals surface area contributed by atoms with E-state index in [1.165, 1.54) is 0 Å². The van der Waals surface area contributed by atoms with Crippen LogP contribution in [0, 0.1) is 5.92 Å². The lowest BCUT2D eigenvalue weighted by Gasteiger charge is -2.09. The molecule has 0 aliphatic heterocycles. The van der Waals surface area contributed by atoms with E-state index < -0.39 is 0 Å². The van der Waals surface area contributed by atoms with Gasteiger partial charge in [0.1, 0.15) is 5.15 Å². The summed E-state index contributed by atoms with van der Waals surface area (Å²) in [6.45, 7) is 5.27. The molecule has 0 unspecified atom stereocenters. The second-order valence-corrected chi connectivity index (χ2v) is 4.80. The van der Waals surface area contributed by atoms with Gasteiger partial charge < -0.3 is 4.74 Å². The van der Waals surface area contributed by atoms with E-state index in [1.807, 2.05) is 10.6 Å². The highest BCUT2D eigenvalue weighted by Gasteiger charge is 2.12. The van der Waals surface area contributed by atoms with Crippen LogP contribution >= 0.6 is 11.6 Å². The van der Waals surface area contributed by atoms with Crippen molar-refractivity contribution in [3.05, 3.63) is 17.3 Å². The smallest absolute Gasteiger partial charge is 0.298 e. The Balaban J connectivity index is 2.43. The molecule has 92 valence electrons. The van der Waals surface area contributed by atoms with Gasteiger partial charge in [0, 0.05) is 6.54 Å². The third-order valence-electron chi connectivity index (χ3n) is 2.66. The van der Waals surface area contributed by atoms with Crippen LogP contribution in [0.15, 0.2) is 12.1 Å². The van der Waals surface area contributed by atoms with E-state index >= 15 is 0 Å². The highest BCUT2D eigenvalue weighted by Crippen LogP contribution is 2.22. The molecular weight excluding hydrogens is 238 g/mol. The summed E-state index contributed by atoms with van der Waals surface area (Å²) < 4.78 is 7.31. The summed E-state index contributed by atoms with van der Waals surface area (Å²) >= 11 is 5.85. The molecule has 5 heteroatoms. The lowest BCUT2D eigenvalue weighted by atomic mass is 10.1. The van der Waals surface area contributed by atoms with Crippen LogP contribution in [0.2, 0.25) is 5.15 Å². The lowest BCUT2D eigenvalue weighted by Crippen LogP contribution is -2.03. The Morgan fingerprint density at radius 3 is 2.76 bits per heavy atom. The first-order valence-electron chi connectivity index (χ1n) is 5.68. The molecule has 0 aromatic carbocycles. The van der Waals surface area contributed by atoms with Gasteiger partial charge in [0.05, 0.1) is 12.6 Å². The van der Waals surface area contributed by atoms with E-state index in [4.69, 9.17) is 16.3 Å². The molecule has 4 nitrogen and oxygen atoms in total. The zero-order chi connectivity index (χ0) is 12.4. The number of imidazole rings is 1. The minimum Gasteiger partial charge on any atom is -0.468 e. The second kappa shape index (κ2) is 4.92. The quantitative estimate of drug-likeness (QED) is 0.786. The average molecular weight is 254 g/mol. The first-order chi connectivity index (χ1) is 8.11. The predicted octanol–water partition coefficient (Wildman–Crippen LogP) is 3.14. The average Bonchev–Trinajstić information content (AvgIpc) is 2.63. The van der Waals surface area contributed by atoms with Gasteiger partial charge in [-0.15, -0.1) is 0 Å². The maximum atomic E-state index is 5.85. The molecular formula is C12H16ClN3O. The SMILES string of the molecule is COc1nc2nc(Cl)ccc2n1CCC(C)C. The molecule has 0 aliphatic rings. The standard InChI is InChI=1S/C12H16ClN3O/c1-8(2)6-7-16-9-4-5-10(13)14-11(9)15-12(16)17-3/h4-5,8H,6-7H2,1-3H3. The number of hydrogen-bond donors (Lipinski definition) is 0. The zero-order valence-electron chi connectivity index (χ0n) is 10.3. The summed E-state index contributed by atoms with van der Waals surface area (Å²) in [5.74, 6) is 0.636. The normalized spacial score (nSPS) is 11.4. The van der Waals surface area contributed by atoms with Crippen molar-refractivity contribution >= 4 is 22.8 Å². The van der Waals surface area contributed by atoms with Crippen molar-refractivity contribution in [1.29, 1.82) is 0 Å². The topological polar surface area (TPSA) is 39.9 Å². The van der Waals surface area contributed by atoms with Crippen molar-refractivity contribution in [3.63, 3.8) is 0 Å². The molecule has 17 heavy (non-hydrogen) atoms. The van der Waals surface area contributed by atoms with Crippen LogP contribution in [0.1, 0.15) is 20.3 Å². The van der Waals surface area contributed by atoms with Crippen LogP contribution in [0.5, 0.6) is 6.01 Å². The van der Waals surface area contributed by atoms with Crippen LogP contribution in [0.25, 0.3) is 11.2 Å². The molecule has 0 N–H and O–H groups in total. The van der Waals surface area contributed by atoms with Crippen LogP contribution in [0.4, 0.5) is 0 Å². The fourth-order valence-corrected chi connectivity index (χ4v) is 1.87. The Hall–Kier alpha value is -1.29. The Morgan fingerprint density at radius 2 is 2.12 bits per heavy atom. The van der Waals surface area contributed by atoms with Crippen LogP contribution < -0.4 is 4.74 Å². The van der Waals surface area contributed by atoms with Crippen LogP contribution in [-0.4, -0.2) is 21.6 Å². The predicted molar refractivity (Wildman–Crippen MR) is 68.5 cm³/mol. The van der Waals surface area contributed by atoms with E-state index in [-0.39, 0.29) is 0 Å². The van der Waals surface area contributed by atoms with Crippen molar-refractivity contribution in [2.75, 3.05) is 7.11 Å². The molecule has 2 aromatic rings. The van der Waals surface area contributed by atoms with Crippen molar-refractivity contribution in [2.24, 2.45) is 5.92 Å². The molecule has 0 saturated heterocycles. The minimum absolute atomic E-state index is 0.452. The van der Waals surface area contributed by atoms with Gasteiger partial charge in [0.15, 0.2) is 5.65 Å². The monoisotopic (exact) mass is 253 g/mol. The Bertz CT molecular complexity index is 522. The number of pyridine rings is 1. The summed E-state index contributed by atoms with van der Waals surface area (Å²) in [6.07, 6.45) is 1.07. The number of aromatic nitrogens is 3. The molecule has 2 aromatic heterocycles. The maximum absolute atomic E-state index is 5.85. The molecule has 2 rings (SSSR count). The zero-order valence-corrected chi connectivity index (χ0v) is 11.0. The third-order valence-corrected chi connectivity index (χ3v) is 2.87. The van der Waals surface area contributed by atoms with E-state index in [1.54, 1.807) is 13.2 Å². The molecule has 0 aliphatic carbocycles. The second-order valence-electron chi connectivity index (χ2n) is 4.41. The van der Waals surface area contributed by atoms with Crippen LogP contribution in [-0.2, 0) is 6.54 Å². The van der Waals surface area contributed by atoms with Crippen molar-refractivity contribution in [1.82, 2.24) is 14.5 Å². The highest BCUT2D eigenvalue weighted by molar-refractivity contribution is 6.29. The molecule has 0 radical (unpaired) electrons. The van der Waals surface area contributed by atoms with E-state index in [0.717, 1.165) is 18.5 Å². The van der Waals surface area contributed by atoms with Gasteiger partial charge in [0.25, 0.3) is 6.01 Å². The van der Waals surface area contributed by atoms with Gasteiger partial charge >= 0.3 is 0 Å². The summed E-state index contributed by atoms with van der Waals surface area (Å²) in [5.41, 5.74) is 1.60. The minimum atomic E-state index is 0.452. The molecule has 0 fully saturated rings. The number of rotatable bonds is 4. The summed E-state index contributed by atoms with van der Waals surface area (Å²) in [6, 6.07) is 4.30. The number of fused-ring (bicyclic) bond motifs is 1. The number of aryl methyl sites for hydroxylation is 1. The molecule has 0 saturated carbocycles. The lowest BCUT2D eigenvalue weighted by molar-refractivity contribution is 0.352. The van der Waals surface area contributed by atoms with Crippen molar-refractivity contribution < 1.29 is 4.74 Å². The molecule has 0 bridgehead atoms. The Morgan fingerprint density at radius 1 is 1.35 bits per heavy atom. The number of halogens is 1. The molecule has 2 heterocycles. The number of hydrogen-bond acceptors (Lipinski definition) is 3. The molecule has 0 spiro atoms. The van der Waals surface area contributed by atoms with Gasteiger partial charge in [-0.05, 0) is 24.5 Å². The van der Waals surface area contributed by atoms with Gasteiger partial charge in [-0.2, -0.15) is 4.98 Å². The number of methoxy groups -OCH3 is 1. The summed E-state index contributed by atoms with van der Waals surface area (Å²) in [4.78, 5) is 8.50. The summed E-state index contributed by atoms with van der Waals surface area (Å²) in [7, 11) is 1.62. The van der Waals surface area contributed by atoms with Gasteiger partial charge in [0.2, 0.25) is 0 Å². The van der Waals surface area contributed by atoms with Gasteiger partial charge in [-0.1, -0.05) is 25.4 Å². The van der Waals surface area contributed by atoms with E-state index in [2.05, 4.69) is 23.8 Å². The first kappa shape index (κ1) is 12.2. The summed E-state index contributed by atoms with van der Waals surface area (Å²) in [5, 5.41) is 0.452. The largest absolute Gasteiger partial charge is 0.468 e. The van der Waals surface area contributed by atoms with E-state index in [0.29, 0.717) is 22.7 Å². The molecule has 0 amide bonds. The van der Waals surface area contributed by atoms with Gasteiger partial charge in [-0.25, -0.2) is 4.98 Å². The Kier molecular flexibility index (Phi) is 3.52. The highest BCUT2D eigenvalue weighted by atomic mass is 35.5. The van der Waals surface area contributed by atoms with Gasteiger partial charge in [-0.3, -0.25) is 4.57 Å². The number of ether oxygens (including phenoxy) is 1. The maximum Gasteiger partial charge on any atom is 0.298 e. The number of nitrogens with zero attached hydrogens (tertiary/aromatic N) is 3. The van der Waals surface area contributed by atoms with Crippen molar-refractivity contribution in [3.8, 4) is 6.01 Å². The first-order valence-corrected chi connectivity index (χ1v) is 6.06. The fourth-order valence-electron chi connectivity index (χ4n) is 1.72. The van der Waals surface area contributed by atoms with Crippen molar-refractivity contribution in [2.45, 2.75) is 26.8 Å². The molecule has 0 atom stereocenters.